The third-order valence-corrected chi connectivity index (χ3v) is 2.96. The second-order valence-corrected chi connectivity index (χ2v) is 4.37. The van der Waals surface area contributed by atoms with E-state index in [9.17, 15) is 0 Å². The average molecular weight is 268 g/mol. The van der Waals surface area contributed by atoms with Crippen LogP contribution in [0.15, 0.2) is 53.7 Å². The van der Waals surface area contributed by atoms with E-state index in [-0.39, 0.29) is 0 Å². The molecule has 0 unspecified atom stereocenters. The third-order valence-electron chi connectivity index (χ3n) is 2.96. The van der Waals surface area contributed by atoms with Gasteiger partial charge in [-0.3, -0.25) is 0 Å². The van der Waals surface area contributed by atoms with Crippen molar-refractivity contribution in [3.63, 3.8) is 0 Å². The minimum Gasteiger partial charge on any atom is -0.489 e. The summed E-state index contributed by atoms with van der Waals surface area (Å²) in [7, 11) is 1.49. The number of benzene rings is 2. The van der Waals surface area contributed by atoms with Crippen LogP contribution in [0, 0.1) is 0 Å². The molecule has 0 heterocycles. The summed E-state index contributed by atoms with van der Waals surface area (Å²) in [6.45, 7) is 2.72. The van der Waals surface area contributed by atoms with E-state index in [1.807, 2.05) is 24.3 Å². The lowest BCUT2D eigenvalue weighted by molar-refractivity contribution is 0.215. The maximum atomic E-state index is 5.74. The maximum Gasteiger partial charge on any atom is 0.139 e. The minimum absolute atomic E-state index is 0.569. The van der Waals surface area contributed by atoms with Crippen LogP contribution < -0.4 is 4.74 Å². The van der Waals surface area contributed by atoms with Crippen molar-refractivity contribution in [1.82, 2.24) is 0 Å². The van der Waals surface area contributed by atoms with Crippen LogP contribution in [0.2, 0.25) is 0 Å². The molecule has 0 aromatic heterocycles. The number of aryl methyl sites for hydroxylation is 1. The Morgan fingerprint density at radius 3 is 2.20 bits per heavy atom. The van der Waals surface area contributed by atoms with Crippen molar-refractivity contribution >= 4 is 6.21 Å². The molecule has 2 aromatic carbocycles. The summed E-state index contributed by atoms with van der Waals surface area (Å²) in [5, 5.41) is 3.59. The van der Waals surface area contributed by atoms with Crippen molar-refractivity contribution in [2.45, 2.75) is 20.0 Å². The molecule has 0 aliphatic heterocycles. The van der Waals surface area contributed by atoms with Gasteiger partial charge < -0.3 is 9.57 Å². The van der Waals surface area contributed by atoms with Gasteiger partial charge in [0.1, 0.15) is 25.7 Å². The molecule has 3 nitrogen and oxygen atoms in total. The molecule has 0 saturated heterocycles. The zero-order valence-corrected chi connectivity index (χ0v) is 11.8. The molecule has 0 spiro atoms. The van der Waals surface area contributed by atoms with Crippen molar-refractivity contribution in [2.75, 3.05) is 7.11 Å². The van der Waals surface area contributed by atoms with Crippen LogP contribution in [0.3, 0.4) is 0 Å². The molecule has 3 heteroatoms. The SMILES string of the molecule is CCc1ccc(COc2ccc([C]=NOC)cc2)cc1. The summed E-state index contributed by atoms with van der Waals surface area (Å²) < 4.78 is 5.74. The summed E-state index contributed by atoms with van der Waals surface area (Å²) in [4.78, 5) is 4.58. The summed E-state index contributed by atoms with van der Waals surface area (Å²) in [5.41, 5.74) is 3.36. The van der Waals surface area contributed by atoms with Gasteiger partial charge in [0.05, 0.1) is 0 Å². The van der Waals surface area contributed by atoms with Gasteiger partial charge in [-0.25, -0.2) is 0 Å². The van der Waals surface area contributed by atoms with Crippen LogP contribution in [0.25, 0.3) is 0 Å². The molecule has 0 fully saturated rings. The van der Waals surface area contributed by atoms with Crippen molar-refractivity contribution < 1.29 is 9.57 Å². The first-order valence-corrected chi connectivity index (χ1v) is 6.61. The molecule has 2 rings (SSSR count). The van der Waals surface area contributed by atoms with Crippen molar-refractivity contribution in [2.24, 2.45) is 5.16 Å². The van der Waals surface area contributed by atoms with Gasteiger partial charge in [-0.2, -0.15) is 0 Å². The molecular formula is C17H18NO2. The van der Waals surface area contributed by atoms with Crippen LogP contribution in [0.4, 0.5) is 0 Å². The fourth-order valence-corrected chi connectivity index (χ4v) is 1.76. The summed E-state index contributed by atoms with van der Waals surface area (Å²) >= 11 is 0. The monoisotopic (exact) mass is 268 g/mol. The highest BCUT2D eigenvalue weighted by molar-refractivity contribution is 5.79. The number of rotatable bonds is 6. The van der Waals surface area contributed by atoms with E-state index < -0.39 is 0 Å². The Bertz CT molecular complexity index is 544. The van der Waals surface area contributed by atoms with Gasteiger partial charge >= 0.3 is 0 Å². The van der Waals surface area contributed by atoms with Gasteiger partial charge in [0, 0.05) is 5.56 Å². The topological polar surface area (TPSA) is 30.8 Å². The quantitative estimate of drug-likeness (QED) is 0.591. The van der Waals surface area contributed by atoms with Crippen LogP contribution >= 0.6 is 0 Å². The lowest BCUT2D eigenvalue weighted by Crippen LogP contribution is -1.95. The molecule has 0 N–H and O–H groups in total. The van der Waals surface area contributed by atoms with E-state index >= 15 is 0 Å². The molecule has 2 aromatic rings. The van der Waals surface area contributed by atoms with Crippen LogP contribution in [0.5, 0.6) is 5.75 Å². The van der Waals surface area contributed by atoms with Crippen molar-refractivity contribution in [3.05, 3.63) is 65.2 Å². The predicted octanol–water partition coefficient (Wildman–Crippen LogP) is 3.69. The average Bonchev–Trinajstić information content (AvgIpc) is 2.52. The number of hydrogen-bond acceptors (Lipinski definition) is 3. The van der Waals surface area contributed by atoms with Gasteiger partial charge in [0.15, 0.2) is 0 Å². The van der Waals surface area contributed by atoms with E-state index in [2.05, 4.69) is 47.4 Å². The zero-order chi connectivity index (χ0) is 14.2. The summed E-state index contributed by atoms with van der Waals surface area (Å²) in [6.07, 6.45) is 3.81. The van der Waals surface area contributed by atoms with Gasteiger partial charge in [0.2, 0.25) is 0 Å². The van der Waals surface area contributed by atoms with E-state index in [0.29, 0.717) is 6.61 Å². The Morgan fingerprint density at radius 1 is 0.950 bits per heavy atom. The molecule has 0 saturated carbocycles. The molecule has 0 atom stereocenters. The smallest absolute Gasteiger partial charge is 0.139 e. The number of hydrogen-bond donors (Lipinski definition) is 0. The first-order chi connectivity index (χ1) is 9.81. The second-order valence-electron chi connectivity index (χ2n) is 4.37. The molecular weight excluding hydrogens is 250 g/mol. The largest absolute Gasteiger partial charge is 0.489 e. The van der Waals surface area contributed by atoms with E-state index in [0.717, 1.165) is 17.7 Å². The Morgan fingerprint density at radius 2 is 1.60 bits per heavy atom. The maximum absolute atomic E-state index is 5.74. The van der Waals surface area contributed by atoms with E-state index in [4.69, 9.17) is 4.74 Å². The first kappa shape index (κ1) is 14.1. The highest BCUT2D eigenvalue weighted by Gasteiger charge is 1.97. The van der Waals surface area contributed by atoms with Crippen molar-refractivity contribution in [1.29, 1.82) is 0 Å². The molecule has 0 bridgehead atoms. The van der Waals surface area contributed by atoms with Crippen LogP contribution in [-0.2, 0) is 17.9 Å². The number of ether oxygens (including phenoxy) is 1. The van der Waals surface area contributed by atoms with Crippen molar-refractivity contribution in [3.8, 4) is 5.75 Å². The second kappa shape index (κ2) is 7.34. The molecule has 0 amide bonds. The van der Waals surface area contributed by atoms with Gasteiger partial charge in [0.25, 0.3) is 0 Å². The lowest BCUT2D eigenvalue weighted by atomic mass is 10.1. The molecule has 1 radical (unpaired) electrons. The Hall–Kier alpha value is -2.29. The summed E-state index contributed by atoms with van der Waals surface area (Å²) in [5.74, 6) is 0.826. The standard InChI is InChI=1S/C17H18NO2/c1-3-14-4-6-16(7-5-14)13-20-17-10-8-15(9-11-17)12-18-19-2/h4-11H,3,13H2,1-2H3. The van der Waals surface area contributed by atoms with Crippen LogP contribution in [0.1, 0.15) is 23.6 Å². The van der Waals surface area contributed by atoms with E-state index in [1.54, 1.807) is 0 Å². The Labute approximate surface area is 119 Å². The molecule has 103 valence electrons. The lowest BCUT2D eigenvalue weighted by Gasteiger charge is -2.07. The normalized spacial score (nSPS) is 10.7. The minimum atomic E-state index is 0.569. The van der Waals surface area contributed by atoms with E-state index in [1.165, 1.54) is 18.2 Å². The van der Waals surface area contributed by atoms with Crippen LogP contribution in [-0.4, -0.2) is 13.3 Å². The van der Waals surface area contributed by atoms with Gasteiger partial charge in [-0.1, -0.05) is 36.3 Å². The Balaban J connectivity index is 1.91. The summed E-state index contributed by atoms with van der Waals surface area (Å²) in [6, 6.07) is 16.0. The van der Waals surface area contributed by atoms with Gasteiger partial charge in [-0.15, -0.1) is 0 Å². The number of nitrogens with zero attached hydrogens (tertiary/aromatic N) is 1. The van der Waals surface area contributed by atoms with Gasteiger partial charge in [-0.05, 0) is 41.8 Å². The fraction of sp³-hybridized carbons (Fsp3) is 0.235. The third kappa shape index (κ3) is 4.12. The first-order valence-electron chi connectivity index (χ1n) is 6.61. The highest BCUT2D eigenvalue weighted by Crippen LogP contribution is 2.14. The molecule has 0 aliphatic rings. The fourth-order valence-electron chi connectivity index (χ4n) is 1.76. The zero-order valence-electron chi connectivity index (χ0n) is 11.8. The predicted molar refractivity (Wildman–Crippen MR) is 80.1 cm³/mol. The highest BCUT2D eigenvalue weighted by atomic mass is 16.6. The Kier molecular flexibility index (Phi) is 5.18. The molecule has 20 heavy (non-hydrogen) atoms. The molecule has 0 aliphatic carbocycles.